The molecule has 1 aliphatic rings. The maximum Gasteiger partial charge on any atom is 0.283 e. The highest BCUT2D eigenvalue weighted by atomic mass is 16.2. The second-order valence-corrected chi connectivity index (χ2v) is 3.18. The zero-order valence-electron chi connectivity index (χ0n) is 8.21. The topological polar surface area (TPSA) is 52.9 Å². The highest BCUT2D eigenvalue weighted by Gasteiger charge is 2.28. The minimum Gasteiger partial charge on any atom is -0.515 e. The van der Waals surface area contributed by atoms with Gasteiger partial charge in [-0.25, -0.2) is 0 Å². The summed E-state index contributed by atoms with van der Waals surface area (Å²) in [5.74, 6) is -0.304. The lowest BCUT2D eigenvalue weighted by molar-refractivity contribution is -0.114. The van der Waals surface area contributed by atoms with Crippen molar-refractivity contribution in [1.82, 2.24) is 0 Å². The van der Waals surface area contributed by atoms with E-state index in [2.05, 4.69) is 5.10 Å². The SMILES string of the molecule is CC1=NN(c2ccccc2)C(=O)/C1=C/O. The van der Waals surface area contributed by atoms with Crippen LogP contribution in [0.5, 0.6) is 0 Å². The quantitative estimate of drug-likeness (QED) is 0.558. The lowest BCUT2D eigenvalue weighted by Crippen LogP contribution is -2.21. The standard InChI is InChI=1S/C11H10N2O2/c1-8-10(7-14)11(15)13(12-8)9-5-3-2-4-6-9/h2-7,14H,1H3/b10-7+. The molecule has 15 heavy (non-hydrogen) atoms. The second-order valence-electron chi connectivity index (χ2n) is 3.18. The molecule has 0 spiro atoms. The average molecular weight is 202 g/mol. The third-order valence-corrected chi connectivity index (χ3v) is 2.19. The molecular formula is C11H10N2O2. The Hall–Kier alpha value is -2.10. The summed E-state index contributed by atoms with van der Waals surface area (Å²) < 4.78 is 0. The molecule has 2 rings (SSSR count). The van der Waals surface area contributed by atoms with E-state index in [0.717, 1.165) is 6.26 Å². The van der Waals surface area contributed by atoms with E-state index in [1.165, 1.54) is 5.01 Å². The Morgan fingerprint density at radius 3 is 2.53 bits per heavy atom. The summed E-state index contributed by atoms with van der Waals surface area (Å²) in [6.07, 6.45) is 0.796. The van der Waals surface area contributed by atoms with Crippen LogP contribution >= 0.6 is 0 Å². The highest BCUT2D eigenvalue weighted by Crippen LogP contribution is 2.22. The molecule has 1 amide bonds. The van der Waals surface area contributed by atoms with E-state index in [4.69, 9.17) is 5.11 Å². The number of carbonyl (C=O) groups is 1. The predicted molar refractivity (Wildman–Crippen MR) is 57.7 cm³/mol. The van der Waals surface area contributed by atoms with Crippen molar-refractivity contribution >= 4 is 17.3 Å². The third-order valence-electron chi connectivity index (χ3n) is 2.19. The van der Waals surface area contributed by atoms with Crippen LogP contribution in [0.3, 0.4) is 0 Å². The molecule has 1 aliphatic heterocycles. The van der Waals surface area contributed by atoms with Gasteiger partial charge >= 0.3 is 0 Å². The number of benzene rings is 1. The Kier molecular flexibility index (Phi) is 2.25. The normalized spacial score (nSPS) is 18.5. The Morgan fingerprint density at radius 2 is 2.00 bits per heavy atom. The molecule has 76 valence electrons. The van der Waals surface area contributed by atoms with E-state index in [9.17, 15) is 4.79 Å². The van der Waals surface area contributed by atoms with Crippen LogP contribution in [-0.2, 0) is 4.79 Å². The van der Waals surface area contributed by atoms with Gasteiger partial charge in [-0.15, -0.1) is 0 Å². The number of aliphatic hydroxyl groups excluding tert-OH is 1. The number of hydrogen-bond acceptors (Lipinski definition) is 3. The summed E-state index contributed by atoms with van der Waals surface area (Å²) in [5.41, 5.74) is 1.45. The first kappa shape index (κ1) is 9.45. The van der Waals surface area contributed by atoms with E-state index in [1.54, 1.807) is 19.1 Å². The van der Waals surface area contributed by atoms with Crippen LogP contribution in [0, 0.1) is 0 Å². The molecule has 0 unspecified atom stereocenters. The van der Waals surface area contributed by atoms with Crippen molar-refractivity contribution in [2.45, 2.75) is 6.92 Å². The maximum atomic E-state index is 11.7. The maximum absolute atomic E-state index is 11.7. The molecule has 0 radical (unpaired) electrons. The molecule has 0 atom stereocenters. The fourth-order valence-corrected chi connectivity index (χ4v) is 1.41. The van der Waals surface area contributed by atoms with Crippen molar-refractivity contribution in [3.8, 4) is 0 Å². The number of nitrogens with zero attached hydrogens (tertiary/aromatic N) is 2. The summed E-state index contributed by atoms with van der Waals surface area (Å²) >= 11 is 0. The van der Waals surface area contributed by atoms with Gasteiger partial charge < -0.3 is 5.11 Å². The molecule has 1 aromatic rings. The Labute approximate surface area is 87.1 Å². The van der Waals surface area contributed by atoms with Crippen molar-refractivity contribution in [2.75, 3.05) is 5.01 Å². The van der Waals surface area contributed by atoms with E-state index in [0.29, 0.717) is 11.4 Å². The van der Waals surface area contributed by atoms with Crippen LogP contribution in [-0.4, -0.2) is 16.7 Å². The van der Waals surface area contributed by atoms with Crippen molar-refractivity contribution in [1.29, 1.82) is 0 Å². The van der Waals surface area contributed by atoms with Crippen molar-refractivity contribution < 1.29 is 9.90 Å². The Bertz CT molecular complexity index is 449. The van der Waals surface area contributed by atoms with Crippen molar-refractivity contribution in [2.24, 2.45) is 5.10 Å². The summed E-state index contributed by atoms with van der Waals surface area (Å²) in [7, 11) is 0. The predicted octanol–water partition coefficient (Wildman–Crippen LogP) is 1.85. The molecular weight excluding hydrogens is 192 g/mol. The molecule has 4 heteroatoms. The van der Waals surface area contributed by atoms with Gasteiger partial charge in [0.2, 0.25) is 0 Å². The van der Waals surface area contributed by atoms with Gasteiger partial charge in [0.1, 0.15) is 0 Å². The van der Waals surface area contributed by atoms with Gasteiger partial charge in [0.15, 0.2) is 0 Å². The van der Waals surface area contributed by atoms with E-state index in [1.807, 2.05) is 18.2 Å². The largest absolute Gasteiger partial charge is 0.515 e. The van der Waals surface area contributed by atoms with Gasteiger partial charge in [-0.3, -0.25) is 4.79 Å². The van der Waals surface area contributed by atoms with E-state index in [-0.39, 0.29) is 11.5 Å². The number of amides is 1. The minimum absolute atomic E-state index is 0.235. The summed E-state index contributed by atoms with van der Waals surface area (Å²) in [4.78, 5) is 11.7. The van der Waals surface area contributed by atoms with Gasteiger partial charge in [-0.05, 0) is 19.1 Å². The fraction of sp³-hybridized carbons (Fsp3) is 0.0909. The Morgan fingerprint density at radius 1 is 1.33 bits per heavy atom. The molecule has 0 saturated carbocycles. The number of rotatable bonds is 1. The van der Waals surface area contributed by atoms with Crippen LogP contribution < -0.4 is 5.01 Å². The zero-order valence-corrected chi connectivity index (χ0v) is 8.21. The minimum atomic E-state index is -0.304. The lowest BCUT2D eigenvalue weighted by atomic mass is 10.2. The summed E-state index contributed by atoms with van der Waals surface area (Å²) in [6, 6.07) is 9.09. The van der Waals surface area contributed by atoms with Crippen LogP contribution in [0.25, 0.3) is 0 Å². The molecule has 0 fully saturated rings. The first-order valence-corrected chi connectivity index (χ1v) is 4.53. The smallest absolute Gasteiger partial charge is 0.283 e. The number of anilines is 1. The lowest BCUT2D eigenvalue weighted by Gasteiger charge is -2.10. The molecule has 1 heterocycles. The average Bonchev–Trinajstić information content (AvgIpc) is 2.55. The molecule has 1 N–H and O–H groups in total. The van der Waals surface area contributed by atoms with Gasteiger partial charge in [0, 0.05) is 0 Å². The highest BCUT2D eigenvalue weighted by molar-refractivity contribution is 6.29. The number of para-hydroxylation sites is 1. The first-order chi connectivity index (χ1) is 7.24. The molecule has 0 saturated heterocycles. The van der Waals surface area contributed by atoms with Crippen LogP contribution in [0.4, 0.5) is 5.69 Å². The summed E-state index contributed by atoms with van der Waals surface area (Å²) in [6.45, 7) is 1.68. The third kappa shape index (κ3) is 1.50. The fourth-order valence-electron chi connectivity index (χ4n) is 1.41. The molecule has 0 bridgehead atoms. The van der Waals surface area contributed by atoms with Gasteiger partial charge in [-0.2, -0.15) is 10.1 Å². The van der Waals surface area contributed by atoms with Gasteiger partial charge in [-0.1, -0.05) is 18.2 Å². The zero-order chi connectivity index (χ0) is 10.8. The van der Waals surface area contributed by atoms with Crippen molar-refractivity contribution in [3.63, 3.8) is 0 Å². The van der Waals surface area contributed by atoms with Crippen LogP contribution in [0.2, 0.25) is 0 Å². The molecule has 1 aromatic carbocycles. The number of aliphatic hydroxyl groups is 1. The second kappa shape index (κ2) is 3.57. The van der Waals surface area contributed by atoms with Crippen molar-refractivity contribution in [3.05, 3.63) is 42.2 Å². The Balaban J connectivity index is 2.40. The number of carbonyl (C=O) groups excluding carboxylic acids is 1. The van der Waals surface area contributed by atoms with Gasteiger partial charge in [0.05, 0.1) is 23.2 Å². The first-order valence-electron chi connectivity index (χ1n) is 4.53. The van der Waals surface area contributed by atoms with Gasteiger partial charge in [0.25, 0.3) is 5.91 Å². The monoisotopic (exact) mass is 202 g/mol. The summed E-state index contributed by atoms with van der Waals surface area (Å²) in [5, 5.41) is 14.2. The molecule has 4 nitrogen and oxygen atoms in total. The van der Waals surface area contributed by atoms with Crippen LogP contribution in [0.1, 0.15) is 6.92 Å². The molecule has 0 aromatic heterocycles. The molecule has 0 aliphatic carbocycles. The van der Waals surface area contributed by atoms with Crippen LogP contribution in [0.15, 0.2) is 47.3 Å². The van der Waals surface area contributed by atoms with E-state index >= 15 is 0 Å². The number of hydrogen-bond donors (Lipinski definition) is 1. The number of hydrazone groups is 1. The van der Waals surface area contributed by atoms with E-state index < -0.39 is 0 Å².